The maximum Gasteiger partial charge on any atom is 0.420 e. The molecule has 0 bridgehead atoms. The lowest BCUT2D eigenvalue weighted by atomic mass is 10.0. The van der Waals surface area contributed by atoms with E-state index in [1.165, 1.54) is 0 Å². The Hall–Kier alpha value is -1.19. The fourth-order valence-electron chi connectivity index (χ4n) is 1.60. The van der Waals surface area contributed by atoms with E-state index in [2.05, 4.69) is 0 Å². The lowest BCUT2D eigenvalue weighted by Crippen LogP contribution is -2.68. The number of nitrogens with zero attached hydrogens (tertiary/aromatic N) is 2. The van der Waals surface area contributed by atoms with Crippen LogP contribution in [0.5, 0.6) is 0 Å². The Balaban J connectivity index is 2.84. The molecule has 10 heteroatoms. The highest BCUT2D eigenvalue weighted by Gasteiger charge is 2.68. The van der Waals surface area contributed by atoms with Gasteiger partial charge in [0, 0.05) is 26.2 Å². The van der Waals surface area contributed by atoms with E-state index in [0.29, 0.717) is 13.1 Å². The summed E-state index contributed by atoms with van der Waals surface area (Å²) in [5.74, 6) is 0. The Morgan fingerprint density at radius 3 is 1.70 bits per heavy atom. The molecule has 0 aliphatic carbocycles. The Bertz CT molecular complexity index is 345. The zero-order valence-corrected chi connectivity index (χ0v) is 10.9. The summed E-state index contributed by atoms with van der Waals surface area (Å²) in [4.78, 5) is 14.4. The van der Waals surface area contributed by atoms with E-state index in [1.807, 2.05) is 4.90 Å². The molecule has 1 rings (SSSR count). The molecule has 1 saturated heterocycles. The van der Waals surface area contributed by atoms with E-state index >= 15 is 0 Å². The Labute approximate surface area is 111 Å². The van der Waals surface area contributed by atoms with Crippen LogP contribution >= 0.6 is 0 Å². The van der Waals surface area contributed by atoms with Crippen LogP contribution in [0, 0.1) is 0 Å². The SMILES string of the molecule is CN1CCN(C(=O)NC(C)(C(F)(F)F)C(F)(F)F)CC1. The molecule has 1 aliphatic rings. The van der Waals surface area contributed by atoms with E-state index in [1.54, 1.807) is 7.05 Å². The van der Waals surface area contributed by atoms with Crippen LogP contribution in [0.1, 0.15) is 6.92 Å². The van der Waals surface area contributed by atoms with E-state index in [4.69, 9.17) is 0 Å². The minimum Gasteiger partial charge on any atom is -0.322 e. The highest BCUT2D eigenvalue weighted by Crippen LogP contribution is 2.42. The third kappa shape index (κ3) is 3.28. The summed E-state index contributed by atoms with van der Waals surface area (Å²) in [6, 6.07) is -1.37. The average Bonchev–Trinajstić information content (AvgIpc) is 2.26. The van der Waals surface area contributed by atoms with Crippen molar-refractivity contribution in [2.24, 2.45) is 0 Å². The van der Waals surface area contributed by atoms with Crippen molar-refractivity contribution in [2.75, 3.05) is 33.2 Å². The second-order valence-corrected chi connectivity index (χ2v) is 4.84. The molecule has 0 saturated carbocycles. The first-order valence-corrected chi connectivity index (χ1v) is 5.77. The van der Waals surface area contributed by atoms with Crippen molar-refractivity contribution in [3.8, 4) is 0 Å². The number of hydrogen-bond donors (Lipinski definition) is 1. The van der Waals surface area contributed by atoms with E-state index < -0.39 is 23.9 Å². The van der Waals surface area contributed by atoms with Gasteiger partial charge in [-0.15, -0.1) is 0 Å². The molecule has 2 amide bonds. The number of likely N-dealkylation sites (N-methyl/N-ethyl adjacent to an activating group) is 1. The number of amides is 2. The first kappa shape index (κ1) is 16.9. The second kappa shape index (κ2) is 5.30. The van der Waals surface area contributed by atoms with Crippen LogP contribution in [-0.2, 0) is 0 Å². The molecule has 0 spiro atoms. The van der Waals surface area contributed by atoms with Gasteiger partial charge in [-0.1, -0.05) is 0 Å². The zero-order valence-electron chi connectivity index (χ0n) is 10.9. The Kier molecular flexibility index (Phi) is 4.47. The highest BCUT2D eigenvalue weighted by atomic mass is 19.4. The van der Waals surface area contributed by atoms with E-state index in [-0.39, 0.29) is 20.0 Å². The maximum absolute atomic E-state index is 12.6. The van der Waals surface area contributed by atoms with Crippen LogP contribution in [-0.4, -0.2) is 66.9 Å². The van der Waals surface area contributed by atoms with Crippen molar-refractivity contribution < 1.29 is 31.1 Å². The van der Waals surface area contributed by atoms with Crippen molar-refractivity contribution in [1.29, 1.82) is 0 Å². The number of alkyl halides is 6. The molecule has 1 aliphatic heterocycles. The number of nitrogens with one attached hydrogen (secondary N) is 1. The van der Waals surface area contributed by atoms with Gasteiger partial charge in [0.25, 0.3) is 0 Å². The summed E-state index contributed by atoms with van der Waals surface area (Å²) in [6.07, 6.45) is -11.3. The van der Waals surface area contributed by atoms with E-state index in [9.17, 15) is 31.1 Å². The lowest BCUT2D eigenvalue weighted by molar-refractivity contribution is -0.298. The highest BCUT2D eigenvalue weighted by molar-refractivity contribution is 5.75. The number of carbonyl (C=O) groups excluding carboxylic acids is 1. The van der Waals surface area contributed by atoms with Crippen LogP contribution < -0.4 is 5.32 Å². The van der Waals surface area contributed by atoms with Gasteiger partial charge in [0.05, 0.1) is 0 Å². The third-order valence-electron chi connectivity index (χ3n) is 3.28. The van der Waals surface area contributed by atoms with Crippen molar-refractivity contribution in [1.82, 2.24) is 15.1 Å². The number of hydrogen-bond acceptors (Lipinski definition) is 2. The molecular weight excluding hydrogens is 292 g/mol. The van der Waals surface area contributed by atoms with E-state index in [0.717, 1.165) is 10.2 Å². The van der Waals surface area contributed by atoms with Gasteiger partial charge >= 0.3 is 18.4 Å². The molecule has 4 nitrogen and oxygen atoms in total. The van der Waals surface area contributed by atoms with Gasteiger partial charge in [-0.3, -0.25) is 0 Å². The summed E-state index contributed by atoms with van der Waals surface area (Å²) >= 11 is 0. The summed E-state index contributed by atoms with van der Waals surface area (Å²) in [6.45, 7) is 0.855. The smallest absolute Gasteiger partial charge is 0.322 e. The van der Waals surface area contributed by atoms with Gasteiger partial charge in [-0.05, 0) is 14.0 Å². The number of halogens is 6. The molecule has 118 valence electrons. The van der Waals surface area contributed by atoms with Crippen molar-refractivity contribution >= 4 is 6.03 Å². The van der Waals surface area contributed by atoms with Crippen molar-refractivity contribution in [3.05, 3.63) is 0 Å². The molecule has 0 aromatic heterocycles. The fourth-order valence-corrected chi connectivity index (χ4v) is 1.60. The van der Waals surface area contributed by atoms with Crippen LogP contribution in [0.15, 0.2) is 0 Å². The predicted octanol–water partition coefficient (Wildman–Crippen LogP) is 1.83. The number of rotatable bonds is 1. The van der Waals surface area contributed by atoms with Crippen molar-refractivity contribution in [2.45, 2.75) is 24.8 Å². The van der Waals surface area contributed by atoms with Gasteiger partial charge in [0.2, 0.25) is 5.54 Å². The number of piperazine rings is 1. The Morgan fingerprint density at radius 1 is 0.950 bits per heavy atom. The zero-order chi connectivity index (χ0) is 15.8. The Morgan fingerprint density at radius 2 is 1.35 bits per heavy atom. The normalized spacial score (nSPS) is 19.1. The molecule has 1 N–H and O–H groups in total. The molecule has 0 aromatic rings. The number of carbonyl (C=O) groups is 1. The molecule has 1 heterocycles. The summed E-state index contributed by atoms with van der Waals surface area (Å²) in [5.41, 5.74) is -4.26. The van der Waals surface area contributed by atoms with Crippen LogP contribution in [0.25, 0.3) is 0 Å². The standard InChI is InChI=1S/C10H15F6N3O/c1-8(9(11,12)13,10(14,15)16)17-7(20)19-5-3-18(2)4-6-19/h3-6H2,1-2H3,(H,17,20). The van der Waals surface area contributed by atoms with Crippen LogP contribution in [0.2, 0.25) is 0 Å². The molecule has 0 atom stereocenters. The first-order valence-electron chi connectivity index (χ1n) is 5.77. The minimum absolute atomic E-state index is 0.0775. The van der Waals surface area contributed by atoms with Gasteiger partial charge < -0.3 is 15.1 Å². The molecule has 0 unspecified atom stereocenters. The summed E-state index contributed by atoms with van der Waals surface area (Å²) < 4.78 is 75.8. The van der Waals surface area contributed by atoms with Crippen LogP contribution in [0.3, 0.4) is 0 Å². The number of urea groups is 1. The summed E-state index contributed by atoms with van der Waals surface area (Å²) in [7, 11) is 1.74. The van der Waals surface area contributed by atoms with Gasteiger partial charge in [-0.25, -0.2) is 4.79 Å². The molecule has 0 radical (unpaired) electrons. The van der Waals surface area contributed by atoms with Gasteiger partial charge in [-0.2, -0.15) is 26.3 Å². The quantitative estimate of drug-likeness (QED) is 0.750. The van der Waals surface area contributed by atoms with Crippen LogP contribution in [0.4, 0.5) is 31.1 Å². The van der Waals surface area contributed by atoms with Gasteiger partial charge in [0.15, 0.2) is 0 Å². The van der Waals surface area contributed by atoms with Crippen molar-refractivity contribution in [3.63, 3.8) is 0 Å². The topological polar surface area (TPSA) is 35.6 Å². The average molecular weight is 307 g/mol. The largest absolute Gasteiger partial charge is 0.420 e. The maximum atomic E-state index is 12.6. The first-order chi connectivity index (χ1) is 8.88. The van der Waals surface area contributed by atoms with Gasteiger partial charge in [0.1, 0.15) is 0 Å². The second-order valence-electron chi connectivity index (χ2n) is 4.84. The fraction of sp³-hybridized carbons (Fsp3) is 0.900. The molecule has 0 aromatic carbocycles. The third-order valence-corrected chi connectivity index (χ3v) is 3.28. The molecule has 1 fully saturated rings. The monoisotopic (exact) mass is 307 g/mol. The minimum atomic E-state index is -5.63. The molecular formula is C10H15F6N3O. The predicted molar refractivity (Wildman–Crippen MR) is 58.1 cm³/mol. The lowest BCUT2D eigenvalue weighted by Gasteiger charge is -2.38. The summed E-state index contributed by atoms with van der Waals surface area (Å²) in [5, 5.41) is 1.08. The molecule has 20 heavy (non-hydrogen) atoms.